The molecule has 2 aromatic rings. The Morgan fingerprint density at radius 1 is 0.615 bits per heavy atom. The van der Waals surface area contributed by atoms with Crippen molar-refractivity contribution in [2.75, 3.05) is 26.2 Å². The summed E-state index contributed by atoms with van der Waals surface area (Å²) in [5.41, 5.74) is 2.11. The van der Waals surface area contributed by atoms with Crippen LogP contribution in [0.2, 0.25) is 0 Å². The Kier molecular flexibility index (Phi) is 6.35. The zero-order chi connectivity index (χ0) is 18.2. The highest BCUT2D eigenvalue weighted by Gasteiger charge is 2.25. The molecule has 0 saturated carbocycles. The molecule has 6 nitrogen and oxygen atoms in total. The van der Waals surface area contributed by atoms with Crippen LogP contribution in [0.25, 0.3) is 0 Å². The van der Waals surface area contributed by atoms with Crippen LogP contribution in [0.1, 0.15) is 23.2 Å². The lowest BCUT2D eigenvalue weighted by Gasteiger charge is -2.30. The zero-order valence-electron chi connectivity index (χ0n) is 14.6. The van der Waals surface area contributed by atoms with Gasteiger partial charge in [-0.3, -0.25) is 20.2 Å². The highest BCUT2D eigenvalue weighted by Crippen LogP contribution is 2.28. The standard InChI is InChI=1S/C20H24N4O2/c25-17-13-23-19(15-7-3-1-4-8-15)20(16-9-5-2-6-10-16)24-14-18(26)22-12-11-21-17/h1-10,19-20,23-24H,11-14H2,(H,21,25)(H,22,26)/t19-,20-/m0/s1. The number of rotatable bonds is 2. The van der Waals surface area contributed by atoms with E-state index in [0.29, 0.717) is 13.1 Å². The fourth-order valence-corrected chi connectivity index (χ4v) is 3.11. The zero-order valence-corrected chi connectivity index (χ0v) is 14.6. The molecule has 1 saturated heterocycles. The Balaban J connectivity index is 1.93. The molecule has 2 atom stereocenters. The number of amides is 2. The maximum Gasteiger partial charge on any atom is 0.234 e. The average Bonchev–Trinajstić information content (AvgIpc) is 2.68. The Morgan fingerprint density at radius 3 is 1.38 bits per heavy atom. The van der Waals surface area contributed by atoms with Crippen LogP contribution < -0.4 is 21.3 Å². The summed E-state index contributed by atoms with van der Waals surface area (Å²) < 4.78 is 0. The average molecular weight is 352 g/mol. The number of carbonyl (C=O) groups excluding carboxylic acids is 2. The van der Waals surface area contributed by atoms with Crippen molar-refractivity contribution in [1.29, 1.82) is 0 Å². The molecule has 0 spiro atoms. The van der Waals surface area contributed by atoms with Gasteiger partial charge in [-0.1, -0.05) is 60.7 Å². The topological polar surface area (TPSA) is 82.3 Å². The third kappa shape index (κ3) is 4.91. The van der Waals surface area contributed by atoms with Crippen molar-refractivity contribution in [3.8, 4) is 0 Å². The summed E-state index contributed by atoms with van der Waals surface area (Å²) in [6, 6.07) is 19.6. The highest BCUT2D eigenvalue weighted by atomic mass is 16.2. The van der Waals surface area contributed by atoms with Crippen molar-refractivity contribution in [2.24, 2.45) is 0 Å². The highest BCUT2D eigenvalue weighted by molar-refractivity contribution is 5.79. The molecule has 26 heavy (non-hydrogen) atoms. The molecule has 1 fully saturated rings. The molecular formula is C20H24N4O2. The second-order valence-electron chi connectivity index (χ2n) is 6.24. The van der Waals surface area contributed by atoms with E-state index in [0.717, 1.165) is 11.1 Å². The van der Waals surface area contributed by atoms with Crippen molar-refractivity contribution >= 4 is 11.8 Å². The van der Waals surface area contributed by atoms with Crippen molar-refractivity contribution in [1.82, 2.24) is 21.3 Å². The second kappa shape index (κ2) is 9.12. The van der Waals surface area contributed by atoms with Gasteiger partial charge in [0.1, 0.15) is 0 Å². The maximum atomic E-state index is 12.1. The molecule has 0 unspecified atom stereocenters. The van der Waals surface area contributed by atoms with Crippen LogP contribution in [0.4, 0.5) is 0 Å². The number of hydrogen-bond donors (Lipinski definition) is 4. The molecule has 0 bridgehead atoms. The molecular weight excluding hydrogens is 328 g/mol. The van der Waals surface area contributed by atoms with Crippen LogP contribution in [0.15, 0.2) is 60.7 Å². The van der Waals surface area contributed by atoms with Gasteiger partial charge in [0.25, 0.3) is 0 Å². The van der Waals surface area contributed by atoms with E-state index in [2.05, 4.69) is 21.3 Å². The molecule has 0 aromatic heterocycles. The van der Waals surface area contributed by atoms with Crippen LogP contribution >= 0.6 is 0 Å². The minimum absolute atomic E-state index is 0.0902. The van der Waals surface area contributed by atoms with Crippen molar-refractivity contribution in [3.63, 3.8) is 0 Å². The number of carbonyl (C=O) groups is 2. The fraction of sp³-hybridized carbons (Fsp3) is 0.300. The van der Waals surface area contributed by atoms with Gasteiger partial charge in [-0.15, -0.1) is 0 Å². The van der Waals surface area contributed by atoms with Crippen molar-refractivity contribution in [3.05, 3.63) is 71.8 Å². The minimum atomic E-state index is -0.156. The summed E-state index contributed by atoms with van der Waals surface area (Å²) in [5, 5.41) is 12.3. The SMILES string of the molecule is O=C1CN[C@@H](c2ccccc2)[C@H](c2ccccc2)NCC(=O)NCCN1. The number of benzene rings is 2. The third-order valence-corrected chi connectivity index (χ3v) is 4.39. The van der Waals surface area contributed by atoms with Crippen LogP contribution in [-0.2, 0) is 9.59 Å². The predicted octanol–water partition coefficient (Wildman–Crippen LogP) is 0.894. The van der Waals surface area contributed by atoms with E-state index >= 15 is 0 Å². The Hall–Kier alpha value is -2.70. The summed E-state index contributed by atoms with van der Waals surface area (Å²) in [6.07, 6.45) is 0. The Morgan fingerprint density at radius 2 is 1.00 bits per heavy atom. The van der Waals surface area contributed by atoms with Crippen LogP contribution in [-0.4, -0.2) is 38.0 Å². The molecule has 2 aromatic carbocycles. The molecule has 1 aliphatic heterocycles. The summed E-state index contributed by atoms with van der Waals surface area (Å²) in [4.78, 5) is 24.2. The summed E-state index contributed by atoms with van der Waals surface area (Å²) in [5.74, 6) is -0.180. The van der Waals surface area contributed by atoms with E-state index < -0.39 is 0 Å². The quantitative estimate of drug-likeness (QED) is 0.647. The van der Waals surface area contributed by atoms with Gasteiger partial charge in [-0.2, -0.15) is 0 Å². The molecule has 2 amide bonds. The molecule has 1 heterocycles. The normalized spacial score (nSPS) is 22.5. The third-order valence-electron chi connectivity index (χ3n) is 4.39. The van der Waals surface area contributed by atoms with Crippen LogP contribution in [0.3, 0.4) is 0 Å². The Labute approximate surface area is 153 Å². The van der Waals surface area contributed by atoms with Crippen LogP contribution in [0.5, 0.6) is 0 Å². The summed E-state index contributed by atoms with van der Waals surface area (Å²) in [6.45, 7) is 1.26. The largest absolute Gasteiger partial charge is 0.353 e. The first-order valence-corrected chi connectivity index (χ1v) is 8.84. The molecule has 0 radical (unpaired) electrons. The lowest BCUT2D eigenvalue weighted by atomic mass is 9.93. The van der Waals surface area contributed by atoms with Crippen molar-refractivity contribution < 1.29 is 9.59 Å². The monoisotopic (exact) mass is 352 g/mol. The van der Waals surface area contributed by atoms with Crippen LogP contribution in [0, 0.1) is 0 Å². The summed E-state index contributed by atoms with van der Waals surface area (Å²) >= 11 is 0. The van der Waals surface area contributed by atoms with Crippen molar-refractivity contribution in [2.45, 2.75) is 12.1 Å². The van der Waals surface area contributed by atoms with Gasteiger partial charge >= 0.3 is 0 Å². The summed E-state index contributed by atoms with van der Waals surface area (Å²) in [7, 11) is 0. The van der Waals surface area contributed by atoms with Gasteiger partial charge in [0.2, 0.25) is 11.8 Å². The first-order valence-electron chi connectivity index (χ1n) is 8.84. The maximum absolute atomic E-state index is 12.1. The molecule has 6 heteroatoms. The first-order chi connectivity index (χ1) is 12.7. The van der Waals surface area contributed by atoms with Gasteiger partial charge in [-0.05, 0) is 11.1 Å². The van der Waals surface area contributed by atoms with Gasteiger partial charge in [0.15, 0.2) is 0 Å². The minimum Gasteiger partial charge on any atom is -0.353 e. The Bertz CT molecular complexity index is 658. The molecule has 4 N–H and O–H groups in total. The smallest absolute Gasteiger partial charge is 0.234 e. The van der Waals surface area contributed by atoms with E-state index in [-0.39, 0.29) is 37.0 Å². The lowest BCUT2D eigenvalue weighted by Crippen LogP contribution is -2.46. The van der Waals surface area contributed by atoms with Gasteiger partial charge in [0, 0.05) is 13.1 Å². The second-order valence-corrected chi connectivity index (χ2v) is 6.24. The molecule has 3 rings (SSSR count). The van der Waals surface area contributed by atoms with E-state index in [4.69, 9.17) is 0 Å². The van der Waals surface area contributed by atoms with Gasteiger partial charge in [-0.25, -0.2) is 0 Å². The van der Waals surface area contributed by atoms with E-state index in [1.807, 2.05) is 60.7 Å². The molecule has 1 aliphatic rings. The van der Waals surface area contributed by atoms with E-state index in [9.17, 15) is 9.59 Å². The predicted molar refractivity (Wildman–Crippen MR) is 100 cm³/mol. The number of hydrogen-bond acceptors (Lipinski definition) is 4. The lowest BCUT2D eigenvalue weighted by molar-refractivity contribution is -0.122. The molecule has 0 aliphatic carbocycles. The molecule has 136 valence electrons. The van der Waals surface area contributed by atoms with E-state index in [1.54, 1.807) is 0 Å². The number of nitrogens with one attached hydrogen (secondary N) is 4. The van der Waals surface area contributed by atoms with Gasteiger partial charge < -0.3 is 10.6 Å². The van der Waals surface area contributed by atoms with E-state index in [1.165, 1.54) is 0 Å². The van der Waals surface area contributed by atoms with Gasteiger partial charge in [0.05, 0.1) is 25.2 Å². The fourth-order valence-electron chi connectivity index (χ4n) is 3.11. The first kappa shape index (κ1) is 18.1.